The number of ether oxygens (including phenoxy) is 2. The molecule has 2 aromatic heterocycles. The first kappa shape index (κ1) is 26.4. The largest absolute Gasteiger partial charge is 0.479 e. The van der Waals surface area contributed by atoms with E-state index in [1.807, 2.05) is 13.0 Å². The van der Waals surface area contributed by atoms with Gasteiger partial charge in [0.2, 0.25) is 5.88 Å². The number of fused-ring (bicyclic) bond motifs is 1. The molecular weight excluding hydrogens is 497 g/mol. The van der Waals surface area contributed by atoms with Crippen LogP contribution in [0.4, 0.5) is 24.7 Å². The van der Waals surface area contributed by atoms with E-state index in [1.165, 1.54) is 19.3 Å². The van der Waals surface area contributed by atoms with Gasteiger partial charge < -0.3 is 19.7 Å². The molecule has 0 aliphatic carbocycles. The van der Waals surface area contributed by atoms with Crippen LogP contribution in [0.3, 0.4) is 0 Å². The molecule has 5 rings (SSSR count). The van der Waals surface area contributed by atoms with E-state index in [1.54, 1.807) is 13.2 Å². The van der Waals surface area contributed by atoms with E-state index < -0.39 is 17.8 Å². The lowest BCUT2D eigenvalue weighted by Crippen LogP contribution is -2.51. The highest BCUT2D eigenvalue weighted by molar-refractivity contribution is 5.90. The fraction of sp³-hybridized carbons (Fsp3) is 0.519. The van der Waals surface area contributed by atoms with Gasteiger partial charge in [-0.1, -0.05) is 12.1 Å². The molecule has 1 atom stereocenters. The Morgan fingerprint density at radius 2 is 1.84 bits per heavy atom. The fourth-order valence-electron chi connectivity index (χ4n) is 5.54. The molecule has 38 heavy (non-hydrogen) atoms. The number of pyridine rings is 1. The van der Waals surface area contributed by atoms with Gasteiger partial charge in [-0.3, -0.25) is 4.90 Å². The van der Waals surface area contributed by atoms with E-state index in [-0.39, 0.29) is 5.56 Å². The van der Waals surface area contributed by atoms with Gasteiger partial charge in [0, 0.05) is 45.4 Å². The van der Waals surface area contributed by atoms with E-state index in [4.69, 9.17) is 9.47 Å². The second-order valence-corrected chi connectivity index (χ2v) is 9.86. The first-order valence-electron chi connectivity index (χ1n) is 13.0. The van der Waals surface area contributed by atoms with E-state index in [0.29, 0.717) is 34.3 Å². The Hall–Kier alpha value is -3.18. The molecule has 2 aliphatic heterocycles. The monoisotopic (exact) mass is 530 g/mol. The summed E-state index contributed by atoms with van der Waals surface area (Å²) in [5.74, 6) is 1.000. The summed E-state index contributed by atoms with van der Waals surface area (Å²) in [6.45, 7) is 8.50. The highest BCUT2D eigenvalue weighted by Gasteiger charge is 2.33. The minimum Gasteiger partial charge on any atom is -0.479 e. The number of halogens is 3. The molecule has 1 N–H and O–H groups in total. The van der Waals surface area contributed by atoms with Crippen LogP contribution in [0, 0.1) is 6.92 Å². The van der Waals surface area contributed by atoms with Crippen LogP contribution >= 0.6 is 0 Å². The topological polar surface area (TPSA) is 75.6 Å². The third-order valence-electron chi connectivity index (χ3n) is 7.63. The molecule has 4 heterocycles. The fourth-order valence-corrected chi connectivity index (χ4v) is 5.54. The minimum atomic E-state index is -4.41. The second kappa shape index (κ2) is 10.9. The first-order chi connectivity index (χ1) is 18.3. The Morgan fingerprint density at radius 1 is 1.11 bits per heavy atom. The zero-order valence-corrected chi connectivity index (χ0v) is 21.9. The maximum Gasteiger partial charge on any atom is 0.416 e. The Balaban J connectivity index is 1.41. The number of alkyl halides is 3. The van der Waals surface area contributed by atoms with Crippen molar-refractivity contribution >= 4 is 22.5 Å². The summed E-state index contributed by atoms with van der Waals surface area (Å²) < 4.78 is 51.6. The lowest BCUT2D eigenvalue weighted by Gasteiger charge is -2.41. The molecule has 0 unspecified atom stereocenters. The summed E-state index contributed by atoms with van der Waals surface area (Å²) in [7, 11) is 1.59. The summed E-state index contributed by atoms with van der Waals surface area (Å²) in [6, 6.07) is 6.36. The Bertz CT molecular complexity index is 1270. The number of hydrogen-bond acceptors (Lipinski definition) is 8. The zero-order chi connectivity index (χ0) is 26.9. The van der Waals surface area contributed by atoms with E-state index in [0.717, 1.165) is 64.0 Å². The molecule has 204 valence electrons. The average Bonchev–Trinajstić information content (AvgIpc) is 2.92. The highest BCUT2D eigenvalue weighted by atomic mass is 19.4. The normalized spacial score (nSPS) is 18.5. The van der Waals surface area contributed by atoms with Gasteiger partial charge in [-0.05, 0) is 49.9 Å². The van der Waals surface area contributed by atoms with Gasteiger partial charge in [0.1, 0.15) is 17.8 Å². The van der Waals surface area contributed by atoms with E-state index >= 15 is 0 Å². The van der Waals surface area contributed by atoms with Crippen molar-refractivity contribution in [2.45, 2.75) is 44.9 Å². The molecule has 11 heteroatoms. The molecule has 1 aromatic carbocycles. The maximum atomic E-state index is 13.5. The van der Waals surface area contributed by atoms with Crippen molar-refractivity contribution in [1.29, 1.82) is 0 Å². The molecule has 2 saturated heterocycles. The van der Waals surface area contributed by atoms with Crippen LogP contribution in [-0.2, 0) is 10.9 Å². The summed E-state index contributed by atoms with van der Waals surface area (Å²) in [5, 5.41) is 3.99. The predicted octanol–water partition coefficient (Wildman–Crippen LogP) is 4.83. The van der Waals surface area contributed by atoms with Crippen LogP contribution in [0.1, 0.15) is 42.5 Å². The number of anilines is 2. The van der Waals surface area contributed by atoms with Gasteiger partial charge in [0.05, 0.1) is 24.1 Å². The lowest BCUT2D eigenvalue weighted by molar-refractivity contribution is -0.138. The van der Waals surface area contributed by atoms with Gasteiger partial charge in [0.25, 0.3) is 0 Å². The molecule has 0 radical (unpaired) electrons. The number of methoxy groups -OCH3 is 1. The van der Waals surface area contributed by atoms with Gasteiger partial charge in [0.15, 0.2) is 5.65 Å². The predicted molar refractivity (Wildman–Crippen MR) is 140 cm³/mol. The van der Waals surface area contributed by atoms with Crippen molar-refractivity contribution in [3.63, 3.8) is 0 Å². The van der Waals surface area contributed by atoms with Crippen LogP contribution < -0.4 is 15.0 Å². The molecular formula is C27H33F3N6O2. The van der Waals surface area contributed by atoms with Crippen molar-refractivity contribution in [2.75, 3.05) is 56.7 Å². The molecule has 0 bridgehead atoms. The van der Waals surface area contributed by atoms with Gasteiger partial charge >= 0.3 is 6.18 Å². The summed E-state index contributed by atoms with van der Waals surface area (Å²) >= 11 is 0. The second-order valence-electron chi connectivity index (χ2n) is 9.86. The van der Waals surface area contributed by atoms with Crippen molar-refractivity contribution < 1.29 is 22.6 Å². The third-order valence-corrected chi connectivity index (χ3v) is 7.63. The quantitative estimate of drug-likeness (QED) is 0.486. The highest BCUT2D eigenvalue weighted by Crippen LogP contribution is 2.37. The standard InChI is InChI=1S/C27H33F3N6O2/c1-17-20(5-4-6-22(17)27(28,29)30)18(2)33-24-21-15-23(26(37-3)34-25(21)32-16-31-24)36-11-9-35(10-12-36)19-7-13-38-14-8-19/h4-6,15-16,18-19H,7-14H2,1-3H3,(H,31,32,33,34)/t18-/m1/s1. The van der Waals surface area contributed by atoms with Gasteiger partial charge in [-0.2, -0.15) is 18.2 Å². The van der Waals surface area contributed by atoms with Gasteiger partial charge in [-0.25, -0.2) is 9.97 Å². The van der Waals surface area contributed by atoms with E-state index in [9.17, 15) is 13.2 Å². The van der Waals surface area contributed by atoms with Crippen molar-refractivity contribution in [2.24, 2.45) is 0 Å². The molecule has 0 saturated carbocycles. The smallest absolute Gasteiger partial charge is 0.416 e. The Labute approximate surface area is 220 Å². The molecule has 2 fully saturated rings. The first-order valence-corrected chi connectivity index (χ1v) is 13.0. The number of benzene rings is 1. The number of rotatable bonds is 6. The van der Waals surface area contributed by atoms with Crippen LogP contribution in [0.25, 0.3) is 11.0 Å². The molecule has 2 aliphatic rings. The maximum absolute atomic E-state index is 13.5. The number of hydrogen-bond donors (Lipinski definition) is 1. The third kappa shape index (κ3) is 5.35. The van der Waals surface area contributed by atoms with Crippen molar-refractivity contribution in [3.05, 3.63) is 47.3 Å². The van der Waals surface area contributed by atoms with Crippen LogP contribution in [0.15, 0.2) is 30.6 Å². The van der Waals surface area contributed by atoms with Crippen molar-refractivity contribution in [3.8, 4) is 5.88 Å². The number of aromatic nitrogens is 3. The summed E-state index contributed by atoms with van der Waals surface area (Å²) in [6.07, 6.45) is -0.881. The van der Waals surface area contributed by atoms with E-state index in [2.05, 4.69) is 30.1 Å². The van der Waals surface area contributed by atoms with Gasteiger partial charge in [-0.15, -0.1) is 0 Å². The summed E-state index contributed by atoms with van der Waals surface area (Å²) in [4.78, 5) is 18.2. The lowest BCUT2D eigenvalue weighted by atomic mass is 9.97. The van der Waals surface area contributed by atoms with Crippen LogP contribution in [-0.4, -0.2) is 72.4 Å². The molecule has 0 spiro atoms. The van der Waals surface area contributed by atoms with Crippen molar-refractivity contribution in [1.82, 2.24) is 19.9 Å². The minimum absolute atomic E-state index is 0.196. The Morgan fingerprint density at radius 3 is 2.53 bits per heavy atom. The molecule has 8 nitrogen and oxygen atoms in total. The number of piperazine rings is 1. The molecule has 0 amide bonds. The SMILES string of the molecule is COc1nc2ncnc(N[C@H](C)c3cccc(C(F)(F)F)c3C)c2cc1N1CCN(C2CCOCC2)CC1. The zero-order valence-electron chi connectivity index (χ0n) is 21.9. The summed E-state index contributed by atoms with van der Waals surface area (Å²) in [5.41, 5.74) is 1.42. The number of nitrogens with one attached hydrogen (secondary N) is 1. The van der Waals surface area contributed by atoms with Crippen LogP contribution in [0.2, 0.25) is 0 Å². The van der Waals surface area contributed by atoms with Crippen LogP contribution in [0.5, 0.6) is 5.88 Å². The molecule has 3 aromatic rings. The average molecular weight is 531 g/mol. The number of nitrogens with zero attached hydrogens (tertiary/aromatic N) is 5. The Kier molecular flexibility index (Phi) is 7.58.